The maximum Gasteiger partial charge on any atom is 0.254 e. The minimum Gasteiger partial charge on any atom is -0.381 e. The normalized spacial score (nSPS) is 19.6. The number of aromatic nitrogens is 3. The molecule has 3 rings (SSSR count). The molecule has 1 aliphatic heterocycles. The molecule has 0 aromatic carbocycles. The molecule has 2 atom stereocenters. The van der Waals surface area contributed by atoms with Crippen LogP contribution < -0.4 is 5.32 Å². The van der Waals surface area contributed by atoms with E-state index in [4.69, 9.17) is 4.74 Å². The number of thiazole rings is 1. The predicted molar refractivity (Wildman–Crippen MR) is 79.6 cm³/mol. The van der Waals surface area contributed by atoms with Gasteiger partial charge in [-0.3, -0.25) is 9.89 Å². The maximum atomic E-state index is 12.3. The SMILES string of the molecule is C[C@@H](CNC(=O)c1cn[nH]c1[C@@H]1CCOC1)c1nccs1. The molecule has 1 amide bonds. The predicted octanol–water partition coefficient (Wildman–Crippen LogP) is 1.90. The summed E-state index contributed by atoms with van der Waals surface area (Å²) in [6, 6.07) is 0. The second kappa shape index (κ2) is 6.36. The number of amides is 1. The van der Waals surface area contributed by atoms with E-state index in [1.807, 2.05) is 5.38 Å². The highest BCUT2D eigenvalue weighted by molar-refractivity contribution is 7.09. The zero-order valence-electron chi connectivity index (χ0n) is 11.8. The summed E-state index contributed by atoms with van der Waals surface area (Å²) in [5, 5.41) is 12.9. The third-order valence-corrected chi connectivity index (χ3v) is 4.70. The van der Waals surface area contributed by atoms with Crippen LogP contribution in [0.3, 0.4) is 0 Å². The lowest BCUT2D eigenvalue weighted by Crippen LogP contribution is -2.28. The number of carbonyl (C=O) groups is 1. The van der Waals surface area contributed by atoms with Gasteiger partial charge in [0.2, 0.25) is 0 Å². The molecule has 6 nitrogen and oxygen atoms in total. The Hall–Kier alpha value is -1.73. The summed E-state index contributed by atoms with van der Waals surface area (Å²) in [6.45, 7) is 4.02. The first-order valence-corrected chi connectivity index (χ1v) is 7.92. The van der Waals surface area contributed by atoms with E-state index in [2.05, 4.69) is 27.4 Å². The molecule has 1 saturated heterocycles. The summed E-state index contributed by atoms with van der Waals surface area (Å²) in [5.74, 6) is 0.359. The molecule has 0 spiro atoms. The molecule has 1 aliphatic rings. The molecule has 2 N–H and O–H groups in total. The molecule has 0 radical (unpaired) electrons. The molecule has 2 aromatic rings. The minimum atomic E-state index is -0.0888. The number of ether oxygens (including phenoxy) is 1. The summed E-state index contributed by atoms with van der Waals surface area (Å²) in [5.41, 5.74) is 1.50. The fraction of sp³-hybridized carbons (Fsp3) is 0.500. The number of nitrogens with one attached hydrogen (secondary N) is 2. The highest BCUT2D eigenvalue weighted by Crippen LogP contribution is 2.26. The van der Waals surface area contributed by atoms with Crippen molar-refractivity contribution < 1.29 is 9.53 Å². The maximum absolute atomic E-state index is 12.3. The Bertz CT molecular complexity index is 590. The molecule has 112 valence electrons. The monoisotopic (exact) mass is 306 g/mol. The third-order valence-electron chi connectivity index (χ3n) is 3.69. The van der Waals surface area contributed by atoms with Crippen molar-refractivity contribution in [2.24, 2.45) is 0 Å². The quantitative estimate of drug-likeness (QED) is 0.884. The summed E-state index contributed by atoms with van der Waals surface area (Å²) < 4.78 is 5.38. The van der Waals surface area contributed by atoms with Crippen molar-refractivity contribution in [2.75, 3.05) is 19.8 Å². The largest absolute Gasteiger partial charge is 0.381 e. The van der Waals surface area contributed by atoms with Crippen LogP contribution in [0.4, 0.5) is 0 Å². The van der Waals surface area contributed by atoms with E-state index in [1.165, 1.54) is 0 Å². The Morgan fingerprint density at radius 1 is 1.67 bits per heavy atom. The van der Waals surface area contributed by atoms with Crippen molar-refractivity contribution in [1.82, 2.24) is 20.5 Å². The summed E-state index contributed by atoms with van der Waals surface area (Å²) in [6.07, 6.45) is 4.31. The molecule has 7 heteroatoms. The summed E-state index contributed by atoms with van der Waals surface area (Å²) in [4.78, 5) is 16.6. The zero-order valence-corrected chi connectivity index (χ0v) is 12.7. The molecule has 0 unspecified atom stereocenters. The lowest BCUT2D eigenvalue weighted by atomic mass is 10.0. The van der Waals surface area contributed by atoms with Crippen LogP contribution in [0.25, 0.3) is 0 Å². The van der Waals surface area contributed by atoms with E-state index in [0.717, 1.165) is 23.7 Å². The lowest BCUT2D eigenvalue weighted by molar-refractivity contribution is 0.0950. The highest BCUT2D eigenvalue weighted by Gasteiger charge is 2.25. The van der Waals surface area contributed by atoms with Gasteiger partial charge < -0.3 is 10.1 Å². The average Bonchev–Trinajstić information content (AvgIpc) is 3.25. The van der Waals surface area contributed by atoms with Gasteiger partial charge in [0.1, 0.15) is 0 Å². The molecule has 0 bridgehead atoms. The van der Waals surface area contributed by atoms with Crippen LogP contribution in [0.15, 0.2) is 17.8 Å². The van der Waals surface area contributed by atoms with Crippen molar-refractivity contribution in [3.8, 4) is 0 Å². The van der Waals surface area contributed by atoms with E-state index >= 15 is 0 Å². The van der Waals surface area contributed by atoms with Gasteiger partial charge in [0.05, 0.1) is 29.1 Å². The molecule has 1 fully saturated rings. The van der Waals surface area contributed by atoms with Gasteiger partial charge in [-0.25, -0.2) is 4.98 Å². The number of rotatable bonds is 5. The van der Waals surface area contributed by atoms with Crippen LogP contribution in [-0.2, 0) is 4.74 Å². The minimum absolute atomic E-state index is 0.0888. The molecule has 3 heterocycles. The van der Waals surface area contributed by atoms with Crippen LogP contribution in [-0.4, -0.2) is 40.8 Å². The molecule has 0 saturated carbocycles. The first-order valence-electron chi connectivity index (χ1n) is 7.04. The second-order valence-corrected chi connectivity index (χ2v) is 6.17. The van der Waals surface area contributed by atoms with Crippen LogP contribution in [0.5, 0.6) is 0 Å². The first-order chi connectivity index (χ1) is 10.3. The van der Waals surface area contributed by atoms with Gasteiger partial charge in [-0.05, 0) is 6.42 Å². The number of H-pyrrole nitrogens is 1. The number of hydrogen-bond acceptors (Lipinski definition) is 5. The summed E-state index contributed by atoms with van der Waals surface area (Å²) >= 11 is 1.61. The Kier molecular flexibility index (Phi) is 4.31. The molecule has 2 aromatic heterocycles. The number of carbonyl (C=O) groups excluding carboxylic acids is 1. The lowest BCUT2D eigenvalue weighted by Gasteiger charge is -2.11. The fourth-order valence-electron chi connectivity index (χ4n) is 2.46. The molecular formula is C14H18N4O2S. The highest BCUT2D eigenvalue weighted by atomic mass is 32.1. The fourth-order valence-corrected chi connectivity index (χ4v) is 3.16. The third kappa shape index (κ3) is 3.14. The zero-order chi connectivity index (χ0) is 14.7. The van der Waals surface area contributed by atoms with E-state index in [1.54, 1.807) is 23.7 Å². The van der Waals surface area contributed by atoms with Crippen molar-refractivity contribution in [3.05, 3.63) is 34.0 Å². The van der Waals surface area contributed by atoms with Crippen LogP contribution in [0, 0.1) is 0 Å². The molecule has 0 aliphatic carbocycles. The second-order valence-electron chi connectivity index (χ2n) is 5.24. The van der Waals surface area contributed by atoms with E-state index in [9.17, 15) is 4.79 Å². The van der Waals surface area contributed by atoms with Crippen molar-refractivity contribution >= 4 is 17.2 Å². The number of aromatic amines is 1. The van der Waals surface area contributed by atoms with Crippen molar-refractivity contribution in [1.29, 1.82) is 0 Å². The van der Waals surface area contributed by atoms with Crippen molar-refractivity contribution in [3.63, 3.8) is 0 Å². The van der Waals surface area contributed by atoms with Gasteiger partial charge in [0, 0.05) is 36.6 Å². The van der Waals surface area contributed by atoms with Gasteiger partial charge in [0.25, 0.3) is 5.91 Å². The van der Waals surface area contributed by atoms with Gasteiger partial charge in [-0.15, -0.1) is 11.3 Å². The van der Waals surface area contributed by atoms with Gasteiger partial charge in [-0.2, -0.15) is 5.10 Å². The Labute approximate surface area is 126 Å². The Balaban J connectivity index is 1.62. The Morgan fingerprint density at radius 3 is 3.29 bits per heavy atom. The van der Waals surface area contributed by atoms with Crippen LogP contribution in [0.2, 0.25) is 0 Å². The van der Waals surface area contributed by atoms with E-state index in [-0.39, 0.29) is 17.7 Å². The topological polar surface area (TPSA) is 79.9 Å². The standard InChI is InChI=1S/C14H18N4O2S/c1-9(14-15-3-5-21-14)6-16-13(19)11-7-17-18-12(11)10-2-4-20-8-10/h3,5,7,9-10H,2,4,6,8H2,1H3,(H,16,19)(H,17,18)/t9-,10+/m0/s1. The van der Waals surface area contributed by atoms with E-state index < -0.39 is 0 Å². The van der Waals surface area contributed by atoms with Crippen LogP contribution in [0.1, 0.15) is 46.2 Å². The smallest absolute Gasteiger partial charge is 0.254 e. The average molecular weight is 306 g/mol. The molecular weight excluding hydrogens is 288 g/mol. The summed E-state index contributed by atoms with van der Waals surface area (Å²) in [7, 11) is 0. The number of hydrogen-bond donors (Lipinski definition) is 2. The number of nitrogens with zero attached hydrogens (tertiary/aromatic N) is 2. The molecule has 21 heavy (non-hydrogen) atoms. The Morgan fingerprint density at radius 2 is 2.57 bits per heavy atom. The first kappa shape index (κ1) is 14.2. The van der Waals surface area contributed by atoms with Gasteiger partial charge >= 0.3 is 0 Å². The van der Waals surface area contributed by atoms with Gasteiger partial charge in [-0.1, -0.05) is 6.92 Å². The van der Waals surface area contributed by atoms with Crippen LogP contribution >= 0.6 is 11.3 Å². The van der Waals surface area contributed by atoms with Gasteiger partial charge in [0.15, 0.2) is 0 Å². The van der Waals surface area contributed by atoms with Crippen molar-refractivity contribution in [2.45, 2.75) is 25.2 Å². The van der Waals surface area contributed by atoms with E-state index in [0.29, 0.717) is 18.7 Å².